The summed E-state index contributed by atoms with van der Waals surface area (Å²) >= 11 is 3.24. The maximum Gasteiger partial charge on any atom is 0.306 e. The van der Waals surface area contributed by atoms with Crippen LogP contribution in [0.15, 0.2) is 22.7 Å². The van der Waals surface area contributed by atoms with Crippen LogP contribution in [0.25, 0.3) is 0 Å². The minimum absolute atomic E-state index is 0.190. The third kappa shape index (κ3) is 5.38. The van der Waals surface area contributed by atoms with Crippen molar-refractivity contribution in [1.29, 1.82) is 0 Å². The summed E-state index contributed by atoms with van der Waals surface area (Å²) in [5.74, 6) is -0.353. The second kappa shape index (κ2) is 7.49. The molecule has 112 valence electrons. The number of esters is 1. The molecule has 0 amide bonds. The molecule has 0 aliphatic rings. The van der Waals surface area contributed by atoms with E-state index in [1.165, 1.54) is 7.11 Å². The standard InChI is InChI=1S/C12H16BrNO5S/c1-3-19-12(15)6-7-20(16,17)14-11-8-9(18-2)4-5-10(11)13/h4-5,8,14H,3,6-7H2,1-2H3. The summed E-state index contributed by atoms with van der Waals surface area (Å²) in [4.78, 5) is 11.2. The van der Waals surface area contributed by atoms with Crippen molar-refractivity contribution in [2.75, 3.05) is 24.2 Å². The Morgan fingerprint density at radius 2 is 2.10 bits per heavy atom. The highest BCUT2D eigenvalue weighted by molar-refractivity contribution is 9.10. The van der Waals surface area contributed by atoms with Gasteiger partial charge in [0.25, 0.3) is 0 Å². The molecule has 8 heteroatoms. The number of halogens is 1. The van der Waals surface area contributed by atoms with Crippen molar-refractivity contribution in [2.45, 2.75) is 13.3 Å². The van der Waals surface area contributed by atoms with Gasteiger partial charge in [-0.3, -0.25) is 9.52 Å². The van der Waals surface area contributed by atoms with Gasteiger partial charge in [-0.05, 0) is 35.0 Å². The van der Waals surface area contributed by atoms with E-state index >= 15 is 0 Å². The van der Waals surface area contributed by atoms with E-state index in [4.69, 9.17) is 4.74 Å². The van der Waals surface area contributed by atoms with E-state index in [2.05, 4.69) is 25.4 Å². The molecule has 0 bridgehead atoms. The third-order valence-electron chi connectivity index (χ3n) is 2.32. The van der Waals surface area contributed by atoms with Crippen molar-refractivity contribution in [3.63, 3.8) is 0 Å². The second-order valence-electron chi connectivity index (χ2n) is 3.82. The van der Waals surface area contributed by atoms with Crippen LogP contribution in [0, 0.1) is 0 Å². The number of rotatable bonds is 7. The van der Waals surface area contributed by atoms with E-state index in [-0.39, 0.29) is 18.8 Å². The fourth-order valence-electron chi connectivity index (χ4n) is 1.38. The zero-order valence-electron chi connectivity index (χ0n) is 11.2. The number of carbonyl (C=O) groups is 1. The quantitative estimate of drug-likeness (QED) is 0.748. The first-order chi connectivity index (χ1) is 9.38. The second-order valence-corrected chi connectivity index (χ2v) is 6.52. The van der Waals surface area contributed by atoms with Crippen LogP contribution in [0.5, 0.6) is 5.75 Å². The highest BCUT2D eigenvalue weighted by atomic mass is 79.9. The third-order valence-corrected chi connectivity index (χ3v) is 4.28. The number of hydrogen-bond acceptors (Lipinski definition) is 5. The first kappa shape index (κ1) is 16.8. The zero-order chi connectivity index (χ0) is 15.2. The van der Waals surface area contributed by atoms with Gasteiger partial charge in [0.05, 0.1) is 31.6 Å². The molecule has 0 aromatic heterocycles. The van der Waals surface area contributed by atoms with E-state index in [0.717, 1.165) is 0 Å². The van der Waals surface area contributed by atoms with Crippen LogP contribution in [0.4, 0.5) is 5.69 Å². The van der Waals surface area contributed by atoms with E-state index in [9.17, 15) is 13.2 Å². The van der Waals surface area contributed by atoms with Gasteiger partial charge in [0.2, 0.25) is 10.0 Å². The Morgan fingerprint density at radius 1 is 1.40 bits per heavy atom. The largest absolute Gasteiger partial charge is 0.497 e. The van der Waals surface area contributed by atoms with Crippen LogP contribution in [0.1, 0.15) is 13.3 Å². The highest BCUT2D eigenvalue weighted by Crippen LogP contribution is 2.28. The van der Waals surface area contributed by atoms with Crippen LogP contribution < -0.4 is 9.46 Å². The number of methoxy groups -OCH3 is 1. The molecule has 6 nitrogen and oxygen atoms in total. The SMILES string of the molecule is CCOC(=O)CCS(=O)(=O)Nc1cc(OC)ccc1Br. The molecule has 20 heavy (non-hydrogen) atoms. The molecule has 0 spiro atoms. The average Bonchev–Trinajstić information content (AvgIpc) is 2.39. The van der Waals surface area contributed by atoms with Gasteiger partial charge in [0, 0.05) is 10.5 Å². The molecule has 0 unspecified atom stereocenters. The molecular formula is C12H16BrNO5S. The smallest absolute Gasteiger partial charge is 0.306 e. The van der Waals surface area contributed by atoms with Gasteiger partial charge in [0.15, 0.2) is 0 Å². The fourth-order valence-corrected chi connectivity index (χ4v) is 2.90. The average molecular weight is 366 g/mol. The summed E-state index contributed by atoms with van der Waals surface area (Å²) in [5.41, 5.74) is 0.355. The predicted molar refractivity (Wildman–Crippen MR) is 79.4 cm³/mol. The maximum absolute atomic E-state index is 11.9. The van der Waals surface area contributed by atoms with E-state index in [1.54, 1.807) is 25.1 Å². The number of benzene rings is 1. The van der Waals surface area contributed by atoms with Gasteiger partial charge in [-0.1, -0.05) is 0 Å². The summed E-state index contributed by atoms with van der Waals surface area (Å²) in [5, 5.41) is 0. The molecule has 0 fully saturated rings. The lowest BCUT2D eigenvalue weighted by Gasteiger charge is -2.11. The molecule has 1 aromatic carbocycles. The lowest BCUT2D eigenvalue weighted by atomic mass is 10.3. The lowest BCUT2D eigenvalue weighted by Crippen LogP contribution is -2.20. The highest BCUT2D eigenvalue weighted by Gasteiger charge is 2.15. The van der Waals surface area contributed by atoms with E-state index in [1.807, 2.05) is 0 Å². The van der Waals surface area contributed by atoms with Crippen molar-refractivity contribution in [1.82, 2.24) is 0 Å². The van der Waals surface area contributed by atoms with Crippen molar-refractivity contribution >= 4 is 37.6 Å². The van der Waals surface area contributed by atoms with Crippen molar-refractivity contribution in [2.24, 2.45) is 0 Å². The molecule has 0 heterocycles. The normalized spacial score (nSPS) is 10.9. The summed E-state index contributed by atoms with van der Waals surface area (Å²) in [6.07, 6.45) is -0.190. The fraction of sp³-hybridized carbons (Fsp3) is 0.417. The van der Waals surface area contributed by atoms with Crippen molar-refractivity contribution in [3.05, 3.63) is 22.7 Å². The van der Waals surface area contributed by atoms with Crippen molar-refractivity contribution in [3.8, 4) is 5.75 Å². The van der Waals surface area contributed by atoms with Gasteiger partial charge < -0.3 is 9.47 Å². The molecule has 0 saturated heterocycles. The van der Waals surface area contributed by atoms with Gasteiger partial charge in [-0.15, -0.1) is 0 Å². The molecule has 1 rings (SSSR count). The van der Waals surface area contributed by atoms with Gasteiger partial charge in [-0.25, -0.2) is 8.42 Å². The lowest BCUT2D eigenvalue weighted by molar-refractivity contribution is -0.142. The number of anilines is 1. The van der Waals surface area contributed by atoms with Crippen LogP contribution >= 0.6 is 15.9 Å². The Bertz CT molecular complexity index is 573. The summed E-state index contributed by atoms with van der Waals surface area (Å²) < 4.78 is 36.4. The van der Waals surface area contributed by atoms with Crippen LogP contribution in [-0.2, 0) is 19.6 Å². The number of carbonyl (C=O) groups excluding carboxylic acids is 1. The maximum atomic E-state index is 11.9. The molecule has 0 saturated carbocycles. The Labute approximate surface area is 126 Å². The molecule has 1 aromatic rings. The minimum Gasteiger partial charge on any atom is -0.497 e. The van der Waals surface area contributed by atoms with Crippen LogP contribution in [0.2, 0.25) is 0 Å². The summed E-state index contributed by atoms with van der Waals surface area (Å²) in [6, 6.07) is 4.91. The monoisotopic (exact) mass is 365 g/mol. The molecule has 0 aliphatic carbocycles. The molecule has 0 aliphatic heterocycles. The Kier molecular flexibility index (Phi) is 6.28. The zero-order valence-corrected chi connectivity index (χ0v) is 13.6. The first-order valence-electron chi connectivity index (χ1n) is 5.87. The number of ether oxygens (including phenoxy) is 2. The van der Waals surface area contributed by atoms with Crippen LogP contribution in [0.3, 0.4) is 0 Å². The Balaban J connectivity index is 2.73. The van der Waals surface area contributed by atoms with Gasteiger partial charge >= 0.3 is 5.97 Å². The molecular weight excluding hydrogens is 350 g/mol. The number of nitrogens with one attached hydrogen (secondary N) is 1. The topological polar surface area (TPSA) is 81.7 Å². The Morgan fingerprint density at radius 3 is 2.70 bits per heavy atom. The van der Waals surface area contributed by atoms with Crippen LogP contribution in [-0.4, -0.2) is 33.9 Å². The summed E-state index contributed by atoms with van der Waals surface area (Å²) in [7, 11) is -2.14. The molecule has 1 N–H and O–H groups in total. The Hall–Kier alpha value is -1.28. The van der Waals surface area contributed by atoms with E-state index in [0.29, 0.717) is 15.9 Å². The molecule has 0 radical (unpaired) electrons. The molecule has 0 atom stereocenters. The van der Waals surface area contributed by atoms with Crippen molar-refractivity contribution < 1.29 is 22.7 Å². The summed E-state index contributed by atoms with van der Waals surface area (Å²) in [6.45, 7) is 1.89. The van der Waals surface area contributed by atoms with Gasteiger partial charge in [-0.2, -0.15) is 0 Å². The number of sulfonamides is 1. The predicted octanol–water partition coefficient (Wildman–Crippen LogP) is 2.15. The number of hydrogen-bond donors (Lipinski definition) is 1. The first-order valence-corrected chi connectivity index (χ1v) is 8.32. The van der Waals surface area contributed by atoms with Gasteiger partial charge in [0.1, 0.15) is 5.75 Å². The van der Waals surface area contributed by atoms with E-state index < -0.39 is 16.0 Å². The minimum atomic E-state index is -3.63.